The van der Waals surface area contributed by atoms with Gasteiger partial charge >= 0.3 is 0 Å². The maximum absolute atomic E-state index is 12.6. The Morgan fingerprint density at radius 1 is 0.913 bits per heavy atom. The van der Waals surface area contributed by atoms with E-state index >= 15 is 0 Å². The smallest absolute Gasteiger partial charge is 0.243 e. The highest BCUT2D eigenvalue weighted by Crippen LogP contribution is 2.28. The zero-order valence-electron chi connectivity index (χ0n) is 12.9. The molecule has 1 saturated heterocycles. The Morgan fingerprint density at radius 3 is 2.22 bits per heavy atom. The Morgan fingerprint density at radius 2 is 1.57 bits per heavy atom. The minimum Gasteiger partial charge on any atom is -0.369 e. The van der Waals surface area contributed by atoms with Gasteiger partial charge in [-0.2, -0.15) is 4.31 Å². The molecular formula is C17H19ClN2O2S. The normalized spacial score (nSPS) is 16.5. The van der Waals surface area contributed by atoms with Crippen molar-refractivity contribution in [3.63, 3.8) is 0 Å². The van der Waals surface area contributed by atoms with Gasteiger partial charge in [0.25, 0.3) is 0 Å². The first-order valence-electron chi connectivity index (χ1n) is 7.55. The van der Waals surface area contributed by atoms with E-state index < -0.39 is 10.0 Å². The highest BCUT2D eigenvalue weighted by atomic mass is 35.5. The SMILES string of the molecule is Cc1c(Cl)cccc1N1CCN(S(=O)(=O)c2ccccc2)CC1. The molecule has 4 nitrogen and oxygen atoms in total. The molecule has 0 spiro atoms. The van der Waals surface area contributed by atoms with Crippen molar-refractivity contribution in [3.05, 3.63) is 59.1 Å². The molecule has 0 bridgehead atoms. The van der Waals surface area contributed by atoms with E-state index in [0.717, 1.165) is 16.3 Å². The van der Waals surface area contributed by atoms with Gasteiger partial charge in [-0.1, -0.05) is 35.9 Å². The first-order chi connectivity index (χ1) is 11.0. The van der Waals surface area contributed by atoms with Crippen LogP contribution in [0.3, 0.4) is 0 Å². The summed E-state index contributed by atoms with van der Waals surface area (Å²) in [5, 5.41) is 0.738. The number of anilines is 1. The van der Waals surface area contributed by atoms with Gasteiger partial charge in [0, 0.05) is 36.9 Å². The van der Waals surface area contributed by atoms with Crippen LogP contribution in [-0.2, 0) is 10.0 Å². The van der Waals surface area contributed by atoms with Gasteiger partial charge in [0.2, 0.25) is 10.0 Å². The number of hydrogen-bond donors (Lipinski definition) is 0. The summed E-state index contributed by atoms with van der Waals surface area (Å²) < 4.78 is 26.8. The van der Waals surface area contributed by atoms with Crippen LogP contribution >= 0.6 is 11.6 Å². The standard InChI is InChI=1S/C17H19ClN2O2S/c1-14-16(18)8-5-9-17(14)19-10-12-20(13-11-19)23(21,22)15-6-3-2-4-7-15/h2-9H,10-13H2,1H3. The van der Waals surface area contributed by atoms with Crippen LogP contribution in [-0.4, -0.2) is 38.9 Å². The first-order valence-corrected chi connectivity index (χ1v) is 9.37. The summed E-state index contributed by atoms with van der Waals surface area (Å²) in [5.74, 6) is 0. The van der Waals surface area contributed by atoms with Crippen LogP contribution in [0.2, 0.25) is 5.02 Å². The van der Waals surface area contributed by atoms with Crippen molar-refractivity contribution in [2.45, 2.75) is 11.8 Å². The number of hydrogen-bond acceptors (Lipinski definition) is 3. The number of halogens is 1. The maximum atomic E-state index is 12.6. The van der Waals surface area contributed by atoms with Crippen molar-refractivity contribution in [2.24, 2.45) is 0 Å². The zero-order valence-corrected chi connectivity index (χ0v) is 14.5. The van der Waals surface area contributed by atoms with E-state index in [1.54, 1.807) is 28.6 Å². The molecule has 0 unspecified atom stereocenters. The van der Waals surface area contributed by atoms with Crippen molar-refractivity contribution < 1.29 is 8.42 Å². The second-order valence-corrected chi connectivity index (χ2v) is 7.93. The second kappa shape index (κ2) is 6.51. The van der Waals surface area contributed by atoms with Crippen molar-refractivity contribution in [2.75, 3.05) is 31.1 Å². The summed E-state index contributed by atoms with van der Waals surface area (Å²) in [7, 11) is -3.41. The maximum Gasteiger partial charge on any atom is 0.243 e. The first kappa shape index (κ1) is 16.3. The van der Waals surface area contributed by atoms with Crippen LogP contribution in [0.4, 0.5) is 5.69 Å². The third-order valence-corrected chi connectivity index (χ3v) is 6.52. The fraction of sp³-hybridized carbons (Fsp3) is 0.294. The van der Waals surface area contributed by atoms with Crippen LogP contribution in [0.15, 0.2) is 53.4 Å². The number of benzene rings is 2. The third-order valence-electron chi connectivity index (χ3n) is 4.20. The van der Waals surface area contributed by atoms with Crippen LogP contribution < -0.4 is 4.90 Å². The number of rotatable bonds is 3. The van der Waals surface area contributed by atoms with Crippen molar-refractivity contribution in [3.8, 4) is 0 Å². The van der Waals surface area contributed by atoms with E-state index in [2.05, 4.69) is 4.90 Å². The molecule has 0 saturated carbocycles. The fourth-order valence-electron chi connectivity index (χ4n) is 2.85. The Labute approximate surface area is 142 Å². The average molecular weight is 351 g/mol. The van der Waals surface area contributed by atoms with Gasteiger partial charge in [-0.05, 0) is 36.8 Å². The van der Waals surface area contributed by atoms with Crippen molar-refractivity contribution in [1.82, 2.24) is 4.31 Å². The topological polar surface area (TPSA) is 40.6 Å². The summed E-state index contributed by atoms with van der Waals surface area (Å²) in [5.41, 5.74) is 2.11. The second-order valence-electron chi connectivity index (χ2n) is 5.59. The largest absolute Gasteiger partial charge is 0.369 e. The van der Waals surface area contributed by atoms with Gasteiger partial charge in [0.05, 0.1) is 4.90 Å². The van der Waals surface area contributed by atoms with Gasteiger partial charge in [-0.25, -0.2) is 8.42 Å². The van der Waals surface area contributed by atoms with E-state index in [1.807, 2.05) is 31.2 Å². The summed E-state index contributed by atoms with van der Waals surface area (Å²) in [6.45, 7) is 4.26. The molecule has 1 fully saturated rings. The van der Waals surface area contributed by atoms with E-state index in [4.69, 9.17) is 11.6 Å². The molecule has 0 aromatic heterocycles. The monoisotopic (exact) mass is 350 g/mol. The van der Waals surface area contributed by atoms with Crippen LogP contribution in [0, 0.1) is 6.92 Å². The summed E-state index contributed by atoms with van der Waals surface area (Å²) >= 11 is 6.18. The van der Waals surface area contributed by atoms with Gasteiger partial charge in [-0.3, -0.25) is 0 Å². The fourth-order valence-corrected chi connectivity index (χ4v) is 4.46. The lowest BCUT2D eigenvalue weighted by molar-refractivity contribution is 0.385. The highest BCUT2D eigenvalue weighted by molar-refractivity contribution is 7.89. The van der Waals surface area contributed by atoms with E-state index in [-0.39, 0.29) is 0 Å². The van der Waals surface area contributed by atoms with Crippen LogP contribution in [0.1, 0.15) is 5.56 Å². The molecule has 0 radical (unpaired) electrons. The third kappa shape index (κ3) is 3.22. The molecule has 6 heteroatoms. The van der Waals surface area contributed by atoms with Crippen LogP contribution in [0.5, 0.6) is 0 Å². The molecule has 1 aliphatic rings. The number of sulfonamides is 1. The van der Waals surface area contributed by atoms with Gasteiger partial charge in [-0.15, -0.1) is 0 Å². The minimum absolute atomic E-state index is 0.354. The summed E-state index contributed by atoms with van der Waals surface area (Å²) in [4.78, 5) is 2.55. The average Bonchev–Trinajstić information content (AvgIpc) is 2.58. The Bertz CT molecular complexity index is 785. The van der Waals surface area contributed by atoms with Gasteiger partial charge < -0.3 is 4.90 Å². The number of nitrogens with zero attached hydrogens (tertiary/aromatic N) is 2. The lowest BCUT2D eigenvalue weighted by Gasteiger charge is -2.36. The minimum atomic E-state index is -3.41. The van der Waals surface area contributed by atoms with Crippen molar-refractivity contribution in [1.29, 1.82) is 0 Å². The Kier molecular flexibility index (Phi) is 4.62. The molecule has 0 atom stereocenters. The lowest BCUT2D eigenvalue weighted by atomic mass is 10.1. The summed E-state index contributed by atoms with van der Waals surface area (Å²) in [6.07, 6.45) is 0. The molecule has 122 valence electrons. The van der Waals surface area contributed by atoms with Gasteiger partial charge in [0.1, 0.15) is 0 Å². The Hall–Kier alpha value is -1.56. The highest BCUT2D eigenvalue weighted by Gasteiger charge is 2.28. The molecule has 23 heavy (non-hydrogen) atoms. The molecule has 0 aliphatic carbocycles. The van der Waals surface area contributed by atoms with Crippen LogP contribution in [0.25, 0.3) is 0 Å². The lowest BCUT2D eigenvalue weighted by Crippen LogP contribution is -2.48. The molecule has 2 aromatic carbocycles. The Balaban J connectivity index is 1.75. The van der Waals surface area contributed by atoms with Crippen molar-refractivity contribution >= 4 is 27.3 Å². The summed E-state index contributed by atoms with van der Waals surface area (Å²) in [6, 6.07) is 14.4. The van der Waals surface area contributed by atoms with Gasteiger partial charge in [0.15, 0.2) is 0 Å². The predicted octanol–water partition coefficient (Wildman–Crippen LogP) is 3.16. The number of piperazine rings is 1. The molecule has 3 rings (SSSR count). The molecule has 1 heterocycles. The van der Waals surface area contributed by atoms with E-state index in [9.17, 15) is 8.42 Å². The zero-order chi connectivity index (χ0) is 16.4. The molecule has 0 amide bonds. The van der Waals surface area contributed by atoms with E-state index in [1.165, 1.54) is 0 Å². The molecule has 1 aliphatic heterocycles. The molecular weight excluding hydrogens is 332 g/mol. The predicted molar refractivity (Wildman–Crippen MR) is 93.6 cm³/mol. The molecule has 0 N–H and O–H groups in total. The van der Waals surface area contributed by atoms with E-state index in [0.29, 0.717) is 31.1 Å². The quantitative estimate of drug-likeness (QED) is 0.853. The molecule has 2 aromatic rings.